The standard InChI is InChI=1S/C12H11BrIN3O/c1-2-15-12-16-7-10(13)11(17-12)18-9-5-3-8(14)4-6-9/h3-7H,2H2,1H3,(H,15,16,17). The Morgan fingerprint density at radius 3 is 2.72 bits per heavy atom. The monoisotopic (exact) mass is 419 g/mol. The Kier molecular flexibility index (Phi) is 4.76. The fourth-order valence-corrected chi connectivity index (χ4v) is 1.91. The Labute approximate surface area is 127 Å². The van der Waals surface area contributed by atoms with Gasteiger partial charge >= 0.3 is 0 Å². The summed E-state index contributed by atoms with van der Waals surface area (Å²) in [5.41, 5.74) is 0. The quantitative estimate of drug-likeness (QED) is 0.759. The van der Waals surface area contributed by atoms with Crippen molar-refractivity contribution >= 4 is 44.5 Å². The van der Waals surface area contributed by atoms with E-state index in [0.29, 0.717) is 11.8 Å². The minimum atomic E-state index is 0.502. The average Bonchev–Trinajstić information content (AvgIpc) is 2.36. The zero-order chi connectivity index (χ0) is 13.0. The largest absolute Gasteiger partial charge is 0.438 e. The maximum absolute atomic E-state index is 5.71. The highest BCUT2D eigenvalue weighted by atomic mass is 127. The third kappa shape index (κ3) is 3.55. The smallest absolute Gasteiger partial charge is 0.238 e. The number of hydrogen-bond acceptors (Lipinski definition) is 4. The van der Waals surface area contributed by atoms with Crippen molar-refractivity contribution in [2.24, 2.45) is 0 Å². The molecule has 0 saturated heterocycles. The highest BCUT2D eigenvalue weighted by Gasteiger charge is 2.07. The summed E-state index contributed by atoms with van der Waals surface area (Å²) in [6, 6.07) is 7.78. The zero-order valence-electron chi connectivity index (χ0n) is 9.65. The second kappa shape index (κ2) is 6.33. The van der Waals surface area contributed by atoms with Crippen LogP contribution in [-0.4, -0.2) is 16.5 Å². The SMILES string of the molecule is CCNc1ncc(Br)c(Oc2ccc(I)cc2)n1. The molecule has 1 N–H and O–H groups in total. The van der Waals surface area contributed by atoms with Gasteiger partial charge in [0.1, 0.15) is 5.75 Å². The molecule has 0 spiro atoms. The molecule has 6 heteroatoms. The average molecular weight is 420 g/mol. The van der Waals surface area contributed by atoms with Crippen LogP contribution >= 0.6 is 38.5 Å². The molecule has 18 heavy (non-hydrogen) atoms. The van der Waals surface area contributed by atoms with Crippen LogP contribution < -0.4 is 10.1 Å². The van der Waals surface area contributed by atoms with Crippen LogP contribution in [-0.2, 0) is 0 Å². The molecule has 0 fully saturated rings. The highest BCUT2D eigenvalue weighted by molar-refractivity contribution is 14.1. The predicted octanol–water partition coefficient (Wildman–Crippen LogP) is 4.07. The van der Waals surface area contributed by atoms with Crippen molar-refractivity contribution in [3.8, 4) is 11.6 Å². The maximum Gasteiger partial charge on any atom is 0.238 e. The normalized spacial score (nSPS) is 10.2. The molecule has 0 aliphatic carbocycles. The first kappa shape index (κ1) is 13.5. The number of nitrogens with one attached hydrogen (secondary N) is 1. The lowest BCUT2D eigenvalue weighted by atomic mass is 10.3. The molecule has 0 radical (unpaired) electrons. The molecular weight excluding hydrogens is 409 g/mol. The summed E-state index contributed by atoms with van der Waals surface area (Å²) in [5.74, 6) is 1.81. The van der Waals surface area contributed by atoms with E-state index in [0.717, 1.165) is 20.3 Å². The van der Waals surface area contributed by atoms with Crippen LogP contribution in [0, 0.1) is 3.57 Å². The zero-order valence-corrected chi connectivity index (χ0v) is 13.4. The lowest BCUT2D eigenvalue weighted by Crippen LogP contribution is -2.03. The van der Waals surface area contributed by atoms with Crippen LogP contribution in [0.5, 0.6) is 11.6 Å². The van der Waals surface area contributed by atoms with E-state index in [2.05, 4.69) is 53.8 Å². The molecular formula is C12H11BrIN3O. The number of nitrogens with zero attached hydrogens (tertiary/aromatic N) is 2. The molecule has 0 aliphatic rings. The van der Waals surface area contributed by atoms with Gasteiger partial charge in [0.15, 0.2) is 0 Å². The fourth-order valence-electron chi connectivity index (χ4n) is 1.28. The van der Waals surface area contributed by atoms with E-state index in [1.54, 1.807) is 6.20 Å². The van der Waals surface area contributed by atoms with Crippen molar-refractivity contribution < 1.29 is 4.74 Å². The van der Waals surface area contributed by atoms with E-state index in [1.807, 2.05) is 31.2 Å². The maximum atomic E-state index is 5.71. The third-order valence-electron chi connectivity index (χ3n) is 2.07. The lowest BCUT2D eigenvalue weighted by Gasteiger charge is -2.08. The van der Waals surface area contributed by atoms with Gasteiger partial charge in [-0.05, 0) is 69.7 Å². The second-order valence-corrected chi connectivity index (χ2v) is 5.53. The van der Waals surface area contributed by atoms with Gasteiger partial charge in [0.05, 0.1) is 10.7 Å². The Hall–Kier alpha value is -0.890. The van der Waals surface area contributed by atoms with Gasteiger partial charge in [-0.25, -0.2) is 4.98 Å². The molecule has 0 aliphatic heterocycles. The Bertz CT molecular complexity index is 533. The number of rotatable bonds is 4. The van der Waals surface area contributed by atoms with Gasteiger partial charge in [-0.15, -0.1) is 0 Å². The Morgan fingerprint density at radius 1 is 1.33 bits per heavy atom. The minimum absolute atomic E-state index is 0.502. The van der Waals surface area contributed by atoms with Crippen LogP contribution in [0.3, 0.4) is 0 Å². The van der Waals surface area contributed by atoms with E-state index >= 15 is 0 Å². The summed E-state index contributed by atoms with van der Waals surface area (Å²) in [4.78, 5) is 8.42. The van der Waals surface area contributed by atoms with Crippen LogP contribution in [0.15, 0.2) is 34.9 Å². The summed E-state index contributed by atoms with van der Waals surface area (Å²) in [5, 5.41) is 3.05. The first-order valence-corrected chi connectivity index (χ1v) is 7.26. The molecule has 2 aromatic rings. The first-order valence-electron chi connectivity index (χ1n) is 5.39. The molecule has 0 saturated carbocycles. The van der Waals surface area contributed by atoms with Crippen molar-refractivity contribution in [1.29, 1.82) is 0 Å². The summed E-state index contributed by atoms with van der Waals surface area (Å²) in [6.07, 6.45) is 1.67. The summed E-state index contributed by atoms with van der Waals surface area (Å²) < 4.78 is 7.60. The molecule has 0 atom stereocenters. The number of hydrogen-bond donors (Lipinski definition) is 1. The van der Waals surface area contributed by atoms with Crippen LogP contribution in [0.1, 0.15) is 6.92 Å². The second-order valence-electron chi connectivity index (χ2n) is 3.43. The molecule has 1 aromatic carbocycles. The number of benzene rings is 1. The molecule has 1 heterocycles. The summed E-state index contributed by atoms with van der Waals surface area (Å²) >= 11 is 5.62. The minimum Gasteiger partial charge on any atom is -0.438 e. The highest BCUT2D eigenvalue weighted by Crippen LogP contribution is 2.28. The molecule has 0 unspecified atom stereocenters. The van der Waals surface area contributed by atoms with Crippen molar-refractivity contribution in [1.82, 2.24) is 9.97 Å². The molecule has 94 valence electrons. The van der Waals surface area contributed by atoms with Crippen molar-refractivity contribution in [3.05, 3.63) is 38.5 Å². The van der Waals surface area contributed by atoms with Crippen molar-refractivity contribution in [2.75, 3.05) is 11.9 Å². The topological polar surface area (TPSA) is 47.0 Å². The predicted molar refractivity (Wildman–Crippen MR) is 83.1 cm³/mol. The van der Waals surface area contributed by atoms with E-state index in [9.17, 15) is 0 Å². The van der Waals surface area contributed by atoms with Gasteiger partial charge in [0, 0.05) is 10.1 Å². The van der Waals surface area contributed by atoms with Gasteiger partial charge in [0.25, 0.3) is 0 Å². The molecule has 2 rings (SSSR count). The van der Waals surface area contributed by atoms with Gasteiger partial charge in [-0.1, -0.05) is 0 Å². The first-order chi connectivity index (χ1) is 8.69. The van der Waals surface area contributed by atoms with Crippen LogP contribution in [0.2, 0.25) is 0 Å². The van der Waals surface area contributed by atoms with Gasteiger partial charge in [0.2, 0.25) is 11.8 Å². The van der Waals surface area contributed by atoms with E-state index < -0.39 is 0 Å². The van der Waals surface area contributed by atoms with Gasteiger partial charge in [-0.3, -0.25) is 0 Å². The molecule has 0 amide bonds. The van der Waals surface area contributed by atoms with Crippen molar-refractivity contribution in [2.45, 2.75) is 6.92 Å². The molecule has 0 bridgehead atoms. The number of anilines is 1. The summed E-state index contributed by atoms with van der Waals surface area (Å²) in [7, 11) is 0. The number of ether oxygens (including phenoxy) is 1. The van der Waals surface area contributed by atoms with Crippen molar-refractivity contribution in [3.63, 3.8) is 0 Å². The van der Waals surface area contributed by atoms with E-state index in [1.165, 1.54) is 0 Å². The fraction of sp³-hybridized carbons (Fsp3) is 0.167. The van der Waals surface area contributed by atoms with E-state index in [4.69, 9.17) is 4.74 Å². The lowest BCUT2D eigenvalue weighted by molar-refractivity contribution is 0.459. The number of aromatic nitrogens is 2. The molecule has 1 aromatic heterocycles. The van der Waals surface area contributed by atoms with E-state index in [-0.39, 0.29) is 0 Å². The Balaban J connectivity index is 2.22. The third-order valence-corrected chi connectivity index (χ3v) is 3.34. The van der Waals surface area contributed by atoms with Crippen LogP contribution in [0.4, 0.5) is 5.95 Å². The Morgan fingerprint density at radius 2 is 2.06 bits per heavy atom. The number of halogens is 2. The molecule has 4 nitrogen and oxygen atoms in total. The summed E-state index contributed by atoms with van der Waals surface area (Å²) in [6.45, 7) is 2.76. The van der Waals surface area contributed by atoms with Gasteiger partial charge in [-0.2, -0.15) is 4.98 Å². The van der Waals surface area contributed by atoms with Crippen LogP contribution in [0.25, 0.3) is 0 Å². The van der Waals surface area contributed by atoms with Gasteiger partial charge < -0.3 is 10.1 Å².